The standard InChI is InChI=1S/C24H32N8O5S/c1-23(2,3)22(36)37-12-31-29-18(28-30-31)17-24(4,5)38-21-16(20(35)32(17)21)27-19(34)15(26-14(33)11-25)13-9-7-6-8-10-13/h6-10,15-17,21H,11-12,25H2,1-5H3,(H,26,33)(H,27,34)/t15?,16?,17?,21-/m0/s1. The number of β-lactam (4-membered cyclic amide) rings is 1. The Kier molecular flexibility index (Phi) is 7.48. The Morgan fingerprint density at radius 1 is 1.21 bits per heavy atom. The molecular weight excluding hydrogens is 512 g/mol. The summed E-state index contributed by atoms with van der Waals surface area (Å²) >= 11 is 1.51. The molecule has 4 N–H and O–H groups in total. The fraction of sp³-hybridized carbons (Fsp3) is 0.542. The van der Waals surface area contributed by atoms with Crippen molar-refractivity contribution in [2.24, 2.45) is 11.1 Å². The minimum atomic E-state index is -0.998. The maximum atomic E-state index is 13.3. The van der Waals surface area contributed by atoms with E-state index in [2.05, 4.69) is 26.0 Å². The summed E-state index contributed by atoms with van der Waals surface area (Å²) in [5.41, 5.74) is 5.33. The molecule has 1 aromatic carbocycles. The van der Waals surface area contributed by atoms with Gasteiger partial charge in [-0.05, 0) is 45.4 Å². The molecular formula is C24H32N8O5S. The van der Waals surface area contributed by atoms with Crippen LogP contribution in [0.3, 0.4) is 0 Å². The number of nitrogens with two attached hydrogens (primary N) is 1. The van der Waals surface area contributed by atoms with Gasteiger partial charge in [-0.3, -0.25) is 19.2 Å². The summed E-state index contributed by atoms with van der Waals surface area (Å²) in [6.45, 7) is 8.67. The van der Waals surface area contributed by atoms with E-state index in [4.69, 9.17) is 10.5 Å². The number of esters is 1. The van der Waals surface area contributed by atoms with E-state index in [-0.39, 0.29) is 24.6 Å². The van der Waals surface area contributed by atoms with Gasteiger partial charge in [0.15, 0.2) is 5.82 Å². The van der Waals surface area contributed by atoms with Crippen molar-refractivity contribution >= 4 is 35.5 Å². The van der Waals surface area contributed by atoms with Crippen molar-refractivity contribution in [2.45, 2.75) is 69.6 Å². The number of benzene rings is 1. The van der Waals surface area contributed by atoms with E-state index in [0.29, 0.717) is 11.4 Å². The van der Waals surface area contributed by atoms with E-state index in [1.165, 1.54) is 16.6 Å². The number of fused-ring (bicyclic) bond motifs is 1. The molecule has 4 atom stereocenters. The van der Waals surface area contributed by atoms with E-state index < -0.39 is 46.1 Å². The van der Waals surface area contributed by atoms with Gasteiger partial charge in [-0.1, -0.05) is 30.3 Å². The lowest BCUT2D eigenvalue weighted by molar-refractivity contribution is -0.158. The van der Waals surface area contributed by atoms with Crippen LogP contribution in [0, 0.1) is 5.41 Å². The number of tetrazole rings is 1. The molecule has 2 aliphatic heterocycles. The molecule has 3 amide bonds. The summed E-state index contributed by atoms with van der Waals surface area (Å²) in [4.78, 5) is 53.3. The van der Waals surface area contributed by atoms with Crippen molar-refractivity contribution in [1.82, 2.24) is 35.7 Å². The lowest BCUT2D eigenvalue weighted by atomic mass is 9.95. The Balaban J connectivity index is 1.46. The Morgan fingerprint density at radius 2 is 1.89 bits per heavy atom. The molecule has 0 saturated carbocycles. The van der Waals surface area contributed by atoms with Gasteiger partial charge in [0.05, 0.1) is 12.0 Å². The topological polar surface area (TPSA) is 174 Å². The van der Waals surface area contributed by atoms with Gasteiger partial charge in [0.1, 0.15) is 23.5 Å². The fourth-order valence-corrected chi connectivity index (χ4v) is 5.95. The molecule has 38 heavy (non-hydrogen) atoms. The van der Waals surface area contributed by atoms with E-state index in [1.807, 2.05) is 13.8 Å². The maximum Gasteiger partial charge on any atom is 0.313 e. The van der Waals surface area contributed by atoms with Crippen LogP contribution in [0.15, 0.2) is 30.3 Å². The van der Waals surface area contributed by atoms with Gasteiger partial charge in [0.2, 0.25) is 24.5 Å². The number of carbonyl (C=O) groups is 4. The second-order valence-electron chi connectivity index (χ2n) is 10.7. The van der Waals surface area contributed by atoms with Crippen LogP contribution in [-0.2, 0) is 30.6 Å². The van der Waals surface area contributed by atoms with Gasteiger partial charge in [0.25, 0.3) is 0 Å². The number of hydrogen-bond donors (Lipinski definition) is 3. The molecule has 2 fully saturated rings. The highest BCUT2D eigenvalue weighted by Crippen LogP contribution is 2.56. The largest absolute Gasteiger partial charge is 0.440 e. The number of nitrogens with one attached hydrogen (secondary N) is 2. The van der Waals surface area contributed by atoms with Crippen molar-refractivity contribution in [3.05, 3.63) is 41.7 Å². The Morgan fingerprint density at radius 3 is 2.53 bits per heavy atom. The molecule has 0 aliphatic carbocycles. The molecule has 1 aromatic heterocycles. The average molecular weight is 545 g/mol. The van der Waals surface area contributed by atoms with Crippen molar-refractivity contribution in [3.8, 4) is 0 Å². The van der Waals surface area contributed by atoms with E-state index in [9.17, 15) is 19.2 Å². The quantitative estimate of drug-likeness (QED) is 0.309. The summed E-state index contributed by atoms with van der Waals surface area (Å²) in [7, 11) is 0. The van der Waals surface area contributed by atoms with Crippen LogP contribution in [0.4, 0.5) is 0 Å². The highest BCUT2D eigenvalue weighted by molar-refractivity contribution is 8.01. The van der Waals surface area contributed by atoms with Gasteiger partial charge in [0, 0.05) is 4.75 Å². The van der Waals surface area contributed by atoms with Crippen molar-refractivity contribution in [2.75, 3.05) is 6.54 Å². The third kappa shape index (κ3) is 5.36. The van der Waals surface area contributed by atoms with Crippen molar-refractivity contribution in [3.63, 3.8) is 0 Å². The number of ether oxygens (including phenoxy) is 1. The molecule has 2 saturated heterocycles. The van der Waals surface area contributed by atoms with Crippen LogP contribution in [0.2, 0.25) is 0 Å². The lowest BCUT2D eigenvalue weighted by Gasteiger charge is -2.44. The third-order valence-corrected chi connectivity index (χ3v) is 7.83. The summed E-state index contributed by atoms with van der Waals surface area (Å²) in [5, 5.41) is 17.5. The lowest BCUT2D eigenvalue weighted by Crippen LogP contribution is -2.68. The first kappa shape index (κ1) is 27.5. The summed E-state index contributed by atoms with van der Waals surface area (Å²) in [5.74, 6) is -1.38. The van der Waals surface area contributed by atoms with Crippen LogP contribution in [-0.4, -0.2) is 71.5 Å². The molecule has 0 spiro atoms. The van der Waals surface area contributed by atoms with Crippen LogP contribution in [0.5, 0.6) is 0 Å². The number of amides is 3. The number of thioether (sulfide) groups is 1. The summed E-state index contributed by atoms with van der Waals surface area (Å²) in [6, 6.07) is 6.44. The van der Waals surface area contributed by atoms with Gasteiger partial charge in [-0.25, -0.2) is 0 Å². The van der Waals surface area contributed by atoms with E-state index in [1.54, 1.807) is 56.0 Å². The Hall–Kier alpha value is -3.52. The van der Waals surface area contributed by atoms with Gasteiger partial charge in [-0.2, -0.15) is 0 Å². The molecule has 2 aliphatic rings. The van der Waals surface area contributed by atoms with Crippen LogP contribution in [0.25, 0.3) is 0 Å². The van der Waals surface area contributed by atoms with Gasteiger partial charge >= 0.3 is 5.97 Å². The van der Waals surface area contributed by atoms with E-state index >= 15 is 0 Å². The van der Waals surface area contributed by atoms with Crippen molar-refractivity contribution in [1.29, 1.82) is 0 Å². The molecule has 14 heteroatoms. The molecule has 0 bridgehead atoms. The number of carbonyl (C=O) groups excluding carboxylic acids is 4. The van der Waals surface area contributed by atoms with Gasteiger partial charge in [-0.15, -0.1) is 26.8 Å². The van der Waals surface area contributed by atoms with E-state index in [0.717, 1.165) is 0 Å². The average Bonchev–Trinajstić information content (AvgIpc) is 3.43. The smallest absolute Gasteiger partial charge is 0.313 e. The highest BCUT2D eigenvalue weighted by atomic mass is 32.2. The Bertz CT molecular complexity index is 1230. The maximum absolute atomic E-state index is 13.3. The normalized spacial score (nSPS) is 22.7. The van der Waals surface area contributed by atoms with Crippen molar-refractivity contribution < 1.29 is 23.9 Å². The zero-order valence-corrected chi connectivity index (χ0v) is 22.7. The molecule has 4 rings (SSSR count). The van der Waals surface area contributed by atoms with Crippen LogP contribution in [0.1, 0.15) is 58.1 Å². The molecule has 0 radical (unpaired) electrons. The zero-order chi connectivity index (χ0) is 27.8. The highest BCUT2D eigenvalue weighted by Gasteiger charge is 2.63. The fourth-order valence-electron chi connectivity index (χ4n) is 4.32. The number of nitrogens with zero attached hydrogens (tertiary/aromatic N) is 5. The first-order chi connectivity index (χ1) is 17.8. The second kappa shape index (κ2) is 10.3. The first-order valence-electron chi connectivity index (χ1n) is 12.1. The summed E-state index contributed by atoms with van der Waals surface area (Å²) < 4.78 is 4.75. The number of aromatic nitrogens is 4. The number of rotatable bonds is 8. The minimum absolute atomic E-state index is 0.200. The predicted octanol–water partition coefficient (Wildman–Crippen LogP) is 0.256. The monoisotopic (exact) mass is 544 g/mol. The Labute approximate surface area is 224 Å². The molecule has 204 valence electrons. The predicted molar refractivity (Wildman–Crippen MR) is 137 cm³/mol. The van der Waals surface area contributed by atoms with Gasteiger partial charge < -0.3 is 26.0 Å². The molecule has 3 heterocycles. The molecule has 13 nitrogen and oxygen atoms in total. The second-order valence-corrected chi connectivity index (χ2v) is 12.5. The molecule has 3 unspecified atom stereocenters. The summed E-state index contributed by atoms with van der Waals surface area (Å²) in [6.07, 6.45) is 0. The van der Waals surface area contributed by atoms with Crippen LogP contribution >= 0.6 is 11.8 Å². The third-order valence-electron chi connectivity index (χ3n) is 6.26. The molecule has 2 aromatic rings. The SMILES string of the molecule is CC(C)(C)C(=O)OCn1nnc(C2N3C(=O)C(NC(=O)C(NC(=O)CN)c4ccccc4)[C@@H]3SC2(C)C)n1. The van der Waals surface area contributed by atoms with Crippen LogP contribution < -0.4 is 16.4 Å². The minimum Gasteiger partial charge on any atom is -0.440 e. The zero-order valence-electron chi connectivity index (χ0n) is 21.9. The number of hydrogen-bond acceptors (Lipinski definition) is 10. The first-order valence-corrected chi connectivity index (χ1v) is 13.0.